The molecule has 1 saturated carbocycles. The van der Waals surface area contributed by atoms with Crippen molar-refractivity contribution in [2.45, 2.75) is 38.6 Å². The van der Waals surface area contributed by atoms with Gasteiger partial charge in [-0.25, -0.2) is 4.98 Å². The second-order valence-electron chi connectivity index (χ2n) is 12.9. The van der Waals surface area contributed by atoms with Gasteiger partial charge in [-0.15, -0.1) is 0 Å². The molecule has 9 heteroatoms. The van der Waals surface area contributed by atoms with Crippen LogP contribution in [0.15, 0.2) is 59.9 Å². The molecule has 5 heterocycles. The van der Waals surface area contributed by atoms with Crippen molar-refractivity contribution in [3.05, 3.63) is 71.6 Å². The summed E-state index contributed by atoms with van der Waals surface area (Å²) in [5.41, 5.74) is 7.86. The number of anilines is 1. The Morgan fingerprint density at radius 2 is 1.84 bits per heavy atom. The van der Waals surface area contributed by atoms with Gasteiger partial charge in [0, 0.05) is 61.7 Å². The monoisotopic (exact) mass is 575 g/mol. The number of hydrogen-bond acceptors (Lipinski definition) is 6. The molecular formula is C34H37N7O2. The van der Waals surface area contributed by atoms with Crippen molar-refractivity contribution in [1.82, 2.24) is 24.6 Å². The van der Waals surface area contributed by atoms with Gasteiger partial charge in [0.25, 0.3) is 0 Å². The third-order valence-electron chi connectivity index (χ3n) is 10.0. The van der Waals surface area contributed by atoms with Gasteiger partial charge in [-0.2, -0.15) is 5.10 Å². The number of likely N-dealkylation sites (tertiary alicyclic amines) is 1. The van der Waals surface area contributed by atoms with Gasteiger partial charge in [0.1, 0.15) is 6.33 Å². The highest BCUT2D eigenvalue weighted by Crippen LogP contribution is 2.44. The van der Waals surface area contributed by atoms with Crippen molar-refractivity contribution in [2.24, 2.45) is 23.4 Å². The summed E-state index contributed by atoms with van der Waals surface area (Å²) in [4.78, 5) is 42.4. The standard InChI is InChI=1S/C34H37N7O2/c1-38-22-36-32(37-38)26-6-2-23(3-7-26)24-10-14-40(15-11-24)30(42)20-39-16-12-34(21-39)13-17-41(33(34)43)28-9-8-27-19-35-31(25-4-5-25)29(27)18-28/h2-3,6-10,18,22,25H,4-5,11-17,19-21H2,1H3/t34-/m0/s1. The first-order valence-corrected chi connectivity index (χ1v) is 15.6. The van der Waals surface area contributed by atoms with Crippen LogP contribution in [0.2, 0.25) is 0 Å². The smallest absolute Gasteiger partial charge is 0.237 e. The third kappa shape index (κ3) is 4.79. The molecule has 1 atom stereocenters. The molecule has 2 saturated heterocycles. The quantitative estimate of drug-likeness (QED) is 0.445. The SMILES string of the molecule is Cn1cnc(-c2ccc(C3=CCN(C(=O)CN4CC[C@]5(CCN(c6ccc7c(c6)C(C6CC6)=NC7)C5=O)C4)CC3)cc2)n1. The minimum Gasteiger partial charge on any atom is -0.338 e. The molecule has 1 aliphatic carbocycles. The average molecular weight is 576 g/mol. The van der Waals surface area contributed by atoms with E-state index in [1.807, 2.05) is 16.8 Å². The van der Waals surface area contributed by atoms with E-state index in [-0.39, 0.29) is 17.2 Å². The van der Waals surface area contributed by atoms with Crippen LogP contribution in [0.5, 0.6) is 0 Å². The summed E-state index contributed by atoms with van der Waals surface area (Å²) in [6, 6.07) is 14.8. The van der Waals surface area contributed by atoms with E-state index in [1.54, 1.807) is 11.0 Å². The van der Waals surface area contributed by atoms with E-state index in [9.17, 15) is 9.59 Å². The van der Waals surface area contributed by atoms with Crippen molar-refractivity contribution in [1.29, 1.82) is 0 Å². The number of nitrogens with zero attached hydrogens (tertiary/aromatic N) is 7. The molecule has 2 amide bonds. The van der Waals surface area contributed by atoms with Crippen molar-refractivity contribution in [3.8, 4) is 11.4 Å². The molecule has 43 heavy (non-hydrogen) atoms. The average Bonchev–Trinajstić information content (AvgIpc) is 3.31. The highest BCUT2D eigenvalue weighted by atomic mass is 16.2. The highest BCUT2D eigenvalue weighted by molar-refractivity contribution is 6.08. The van der Waals surface area contributed by atoms with E-state index in [0.29, 0.717) is 32.1 Å². The number of aryl methyl sites for hydroxylation is 1. The Morgan fingerprint density at radius 3 is 2.58 bits per heavy atom. The number of benzene rings is 2. The first-order valence-electron chi connectivity index (χ1n) is 15.6. The van der Waals surface area contributed by atoms with Crippen molar-refractivity contribution >= 4 is 28.8 Å². The largest absolute Gasteiger partial charge is 0.338 e. The van der Waals surface area contributed by atoms with Crippen LogP contribution in [0.1, 0.15) is 48.8 Å². The van der Waals surface area contributed by atoms with Crippen molar-refractivity contribution < 1.29 is 9.59 Å². The molecule has 220 valence electrons. The predicted octanol–water partition coefficient (Wildman–Crippen LogP) is 3.94. The summed E-state index contributed by atoms with van der Waals surface area (Å²) in [5.74, 6) is 1.71. The fraction of sp³-hybridized carbons (Fsp3) is 0.441. The molecule has 0 unspecified atom stereocenters. The van der Waals surface area contributed by atoms with Gasteiger partial charge in [-0.3, -0.25) is 24.2 Å². The number of carbonyl (C=O) groups excluding carboxylic acids is 2. The Bertz CT molecular complexity index is 1670. The van der Waals surface area contributed by atoms with Crippen LogP contribution in [-0.2, 0) is 23.2 Å². The fourth-order valence-corrected chi connectivity index (χ4v) is 7.36. The predicted molar refractivity (Wildman–Crippen MR) is 165 cm³/mol. The second kappa shape index (κ2) is 10.3. The Labute approximate surface area is 251 Å². The van der Waals surface area contributed by atoms with Gasteiger partial charge >= 0.3 is 0 Å². The molecule has 9 nitrogen and oxygen atoms in total. The molecule has 3 fully saturated rings. The first-order chi connectivity index (χ1) is 21.0. The number of amides is 2. The zero-order valence-electron chi connectivity index (χ0n) is 24.7. The summed E-state index contributed by atoms with van der Waals surface area (Å²) in [5, 5.41) is 4.38. The minimum atomic E-state index is -0.376. The molecule has 4 aliphatic heterocycles. The van der Waals surface area contributed by atoms with Gasteiger partial charge < -0.3 is 9.80 Å². The molecule has 1 spiro atoms. The Kier molecular flexibility index (Phi) is 6.33. The van der Waals surface area contributed by atoms with Crippen LogP contribution in [0, 0.1) is 11.3 Å². The van der Waals surface area contributed by atoms with E-state index in [4.69, 9.17) is 4.99 Å². The maximum absolute atomic E-state index is 13.8. The normalized spacial score (nSPS) is 23.7. The van der Waals surface area contributed by atoms with Crippen LogP contribution in [0.25, 0.3) is 17.0 Å². The van der Waals surface area contributed by atoms with Crippen molar-refractivity contribution in [2.75, 3.05) is 44.2 Å². The molecule has 5 aliphatic rings. The second-order valence-corrected chi connectivity index (χ2v) is 12.9. The Balaban J connectivity index is 0.874. The van der Waals surface area contributed by atoms with Crippen LogP contribution in [0.3, 0.4) is 0 Å². The van der Waals surface area contributed by atoms with Gasteiger partial charge in [0.2, 0.25) is 11.8 Å². The van der Waals surface area contributed by atoms with Gasteiger partial charge in [0.15, 0.2) is 5.82 Å². The van der Waals surface area contributed by atoms with Crippen molar-refractivity contribution in [3.63, 3.8) is 0 Å². The lowest BCUT2D eigenvalue weighted by Crippen LogP contribution is -2.43. The first kappa shape index (κ1) is 26.5. The van der Waals surface area contributed by atoms with Crippen LogP contribution in [-0.4, -0.2) is 81.4 Å². The maximum atomic E-state index is 13.8. The van der Waals surface area contributed by atoms with Gasteiger partial charge in [-0.05, 0) is 67.5 Å². The van der Waals surface area contributed by atoms with Gasteiger partial charge in [0.05, 0.1) is 18.5 Å². The van der Waals surface area contributed by atoms with Gasteiger partial charge in [-0.1, -0.05) is 36.4 Å². The number of hydrogen-bond donors (Lipinski definition) is 0. The van der Waals surface area contributed by atoms with Crippen LogP contribution < -0.4 is 4.90 Å². The minimum absolute atomic E-state index is 0.150. The molecular weight excluding hydrogens is 538 g/mol. The summed E-state index contributed by atoms with van der Waals surface area (Å²) >= 11 is 0. The van der Waals surface area contributed by atoms with Crippen LogP contribution in [0.4, 0.5) is 5.69 Å². The number of aliphatic imine (C=N–C) groups is 1. The maximum Gasteiger partial charge on any atom is 0.237 e. The summed E-state index contributed by atoms with van der Waals surface area (Å²) in [7, 11) is 1.87. The lowest BCUT2D eigenvalue weighted by atomic mass is 9.85. The number of rotatable bonds is 6. The zero-order valence-corrected chi connectivity index (χ0v) is 24.7. The lowest BCUT2D eigenvalue weighted by molar-refractivity contribution is -0.132. The van der Waals surface area contributed by atoms with Crippen LogP contribution >= 0.6 is 0 Å². The zero-order chi connectivity index (χ0) is 29.1. The highest BCUT2D eigenvalue weighted by Gasteiger charge is 2.51. The summed E-state index contributed by atoms with van der Waals surface area (Å²) in [6.07, 6.45) is 8.85. The Morgan fingerprint density at radius 1 is 1.02 bits per heavy atom. The summed E-state index contributed by atoms with van der Waals surface area (Å²) < 4.78 is 1.70. The Hall–Kier alpha value is -4.11. The molecule has 0 bridgehead atoms. The summed E-state index contributed by atoms with van der Waals surface area (Å²) in [6.45, 7) is 4.69. The molecule has 8 rings (SSSR count). The fourth-order valence-electron chi connectivity index (χ4n) is 7.36. The molecule has 2 aromatic carbocycles. The van der Waals surface area contributed by atoms with E-state index >= 15 is 0 Å². The van der Waals surface area contributed by atoms with E-state index in [2.05, 4.69) is 63.5 Å². The molecule has 0 radical (unpaired) electrons. The van der Waals surface area contributed by atoms with E-state index in [0.717, 1.165) is 56.0 Å². The van der Waals surface area contributed by atoms with E-state index in [1.165, 1.54) is 40.8 Å². The van der Waals surface area contributed by atoms with E-state index < -0.39 is 0 Å². The number of aromatic nitrogens is 3. The molecule has 1 aromatic heterocycles. The third-order valence-corrected chi connectivity index (χ3v) is 10.0. The number of fused-ring (bicyclic) bond motifs is 1. The lowest BCUT2D eigenvalue weighted by Gasteiger charge is -2.29. The number of carbonyl (C=O) groups is 2. The topological polar surface area (TPSA) is 86.9 Å². The molecule has 3 aromatic rings. The molecule has 0 N–H and O–H groups in total.